The van der Waals surface area contributed by atoms with Gasteiger partial charge in [0.15, 0.2) is 0 Å². The molecule has 0 saturated carbocycles. The van der Waals surface area contributed by atoms with E-state index in [2.05, 4.69) is 92.0 Å². The first-order valence-electron chi connectivity index (χ1n) is 8.76. The van der Waals surface area contributed by atoms with Gasteiger partial charge < -0.3 is 4.90 Å². The van der Waals surface area contributed by atoms with Crippen LogP contribution < -0.4 is 9.47 Å². The second kappa shape index (κ2) is 4.82. The van der Waals surface area contributed by atoms with E-state index >= 15 is 0 Å². The summed E-state index contributed by atoms with van der Waals surface area (Å²) in [7, 11) is 4.37. The number of aryl methyl sites for hydroxylation is 3. The van der Waals surface area contributed by atoms with Crippen molar-refractivity contribution >= 4 is 33.2 Å². The second-order valence-corrected chi connectivity index (χ2v) is 7.21. The Bertz CT molecular complexity index is 1190. The Balaban J connectivity index is 2.08. The zero-order chi connectivity index (χ0) is 17.3. The van der Waals surface area contributed by atoms with Gasteiger partial charge in [-0.25, -0.2) is 0 Å². The minimum atomic E-state index is 1.27. The number of hydrogen-bond donors (Lipinski definition) is 0. The third kappa shape index (κ3) is 1.82. The molecule has 1 aliphatic heterocycles. The predicted octanol–water partition coefficient (Wildman–Crippen LogP) is 5.18. The lowest BCUT2D eigenvalue weighted by molar-refractivity contribution is -0.617. The Labute approximate surface area is 147 Å². The largest absolute Gasteiger partial charge is 0.343 e. The van der Waals surface area contributed by atoms with Gasteiger partial charge in [-0.05, 0) is 42.7 Å². The number of anilines is 2. The number of fused-ring (bicyclic) bond motifs is 4. The molecule has 25 heavy (non-hydrogen) atoms. The number of rotatable bonds is 0. The quantitative estimate of drug-likeness (QED) is 0.319. The molecule has 1 aromatic heterocycles. The van der Waals surface area contributed by atoms with Gasteiger partial charge in [0.25, 0.3) is 0 Å². The van der Waals surface area contributed by atoms with Gasteiger partial charge in [0.1, 0.15) is 7.05 Å². The Morgan fingerprint density at radius 3 is 2.40 bits per heavy atom. The molecular weight excluding hydrogens is 304 g/mol. The number of benzene rings is 3. The molecule has 0 N–H and O–H groups in total. The highest BCUT2D eigenvalue weighted by atomic mass is 15.1. The molecule has 2 nitrogen and oxygen atoms in total. The van der Waals surface area contributed by atoms with Gasteiger partial charge in [-0.15, -0.1) is 0 Å². The van der Waals surface area contributed by atoms with Crippen molar-refractivity contribution in [1.29, 1.82) is 0 Å². The summed E-state index contributed by atoms with van der Waals surface area (Å²) in [5.41, 5.74) is 10.4. The first-order chi connectivity index (χ1) is 12.1. The van der Waals surface area contributed by atoms with E-state index in [1.54, 1.807) is 0 Å². The third-order valence-corrected chi connectivity index (χ3v) is 5.55. The van der Waals surface area contributed by atoms with E-state index in [9.17, 15) is 0 Å². The molecule has 5 rings (SSSR count). The molecule has 1 aliphatic rings. The first kappa shape index (κ1) is 14.5. The van der Waals surface area contributed by atoms with E-state index in [0.29, 0.717) is 0 Å². The average molecular weight is 325 g/mol. The Hall–Kier alpha value is -2.87. The van der Waals surface area contributed by atoms with Crippen molar-refractivity contribution in [2.45, 2.75) is 13.8 Å². The molecule has 0 radical (unpaired) electrons. The lowest BCUT2D eigenvalue weighted by Crippen LogP contribution is -2.32. The zero-order valence-electron chi connectivity index (χ0n) is 15.1. The average Bonchev–Trinajstić information content (AvgIpc) is 2.61. The fourth-order valence-corrected chi connectivity index (χ4v) is 4.31. The molecule has 2 heteroatoms. The maximum Gasteiger partial charge on any atom is 0.215 e. The first-order valence-corrected chi connectivity index (χ1v) is 8.76. The van der Waals surface area contributed by atoms with Crippen molar-refractivity contribution in [2.75, 3.05) is 11.9 Å². The Kier molecular flexibility index (Phi) is 2.79. The van der Waals surface area contributed by atoms with Crippen LogP contribution in [-0.4, -0.2) is 7.05 Å². The highest BCUT2D eigenvalue weighted by Crippen LogP contribution is 2.48. The standard InChI is InChI=1S/C23H21N2/c1-14-9-11-19-18(12-14)23-22-17(6-5-7-20(22)24(19)3)16-10-8-15(2)13-21(16)25(23)4/h5-13H,1-4H3/q+1. The molecule has 2 heterocycles. The van der Waals surface area contributed by atoms with E-state index in [1.807, 2.05) is 0 Å². The number of nitrogens with zero attached hydrogens (tertiary/aromatic N) is 2. The number of aromatic nitrogens is 1. The van der Waals surface area contributed by atoms with Crippen molar-refractivity contribution < 1.29 is 4.57 Å². The zero-order valence-corrected chi connectivity index (χ0v) is 15.1. The van der Waals surface area contributed by atoms with E-state index in [1.165, 1.54) is 55.4 Å². The summed E-state index contributed by atoms with van der Waals surface area (Å²) in [6.45, 7) is 4.33. The van der Waals surface area contributed by atoms with Gasteiger partial charge in [0, 0.05) is 30.4 Å². The van der Waals surface area contributed by atoms with Gasteiger partial charge in [-0.1, -0.05) is 30.3 Å². The maximum absolute atomic E-state index is 2.37. The summed E-state index contributed by atoms with van der Waals surface area (Å²) in [5.74, 6) is 0. The van der Waals surface area contributed by atoms with Crippen molar-refractivity contribution in [3.63, 3.8) is 0 Å². The molecule has 0 fully saturated rings. The molecule has 0 bridgehead atoms. The molecule has 0 amide bonds. The van der Waals surface area contributed by atoms with Crippen LogP contribution in [0.2, 0.25) is 0 Å². The van der Waals surface area contributed by atoms with Crippen LogP contribution in [0, 0.1) is 13.8 Å². The lowest BCUT2D eigenvalue weighted by atomic mass is 9.90. The monoisotopic (exact) mass is 325 g/mol. The van der Waals surface area contributed by atoms with Crippen molar-refractivity contribution in [3.8, 4) is 11.1 Å². The van der Waals surface area contributed by atoms with E-state index in [4.69, 9.17) is 0 Å². The van der Waals surface area contributed by atoms with Crippen LogP contribution in [0.1, 0.15) is 11.1 Å². The van der Waals surface area contributed by atoms with Crippen LogP contribution in [0.4, 0.5) is 11.4 Å². The van der Waals surface area contributed by atoms with E-state index in [0.717, 1.165) is 0 Å². The van der Waals surface area contributed by atoms with Crippen LogP contribution in [0.15, 0.2) is 54.6 Å². The molecule has 0 atom stereocenters. The Morgan fingerprint density at radius 1 is 0.800 bits per heavy atom. The summed E-state index contributed by atoms with van der Waals surface area (Å²) in [4.78, 5) is 2.37. The van der Waals surface area contributed by atoms with Crippen LogP contribution in [0.3, 0.4) is 0 Å². The molecule has 4 aromatic rings. The SMILES string of the molecule is Cc1ccc2c(c1)N(C)c1c3cc(C)ccc3[n+](C)c3cccc-2c13. The van der Waals surface area contributed by atoms with Crippen LogP contribution >= 0.6 is 0 Å². The predicted molar refractivity (Wildman–Crippen MR) is 106 cm³/mol. The topological polar surface area (TPSA) is 7.12 Å². The fourth-order valence-electron chi connectivity index (χ4n) is 4.31. The van der Waals surface area contributed by atoms with Crippen LogP contribution in [0.25, 0.3) is 32.9 Å². The summed E-state index contributed by atoms with van der Waals surface area (Å²) in [6.07, 6.45) is 0. The fraction of sp³-hybridized carbons (Fsp3) is 0.174. The molecule has 0 aliphatic carbocycles. The third-order valence-electron chi connectivity index (χ3n) is 5.55. The van der Waals surface area contributed by atoms with Gasteiger partial charge >= 0.3 is 0 Å². The van der Waals surface area contributed by atoms with Crippen LogP contribution in [0.5, 0.6) is 0 Å². The normalized spacial score (nSPS) is 12.7. The minimum absolute atomic E-state index is 1.27. The highest BCUT2D eigenvalue weighted by Gasteiger charge is 2.29. The van der Waals surface area contributed by atoms with Crippen molar-refractivity contribution in [3.05, 3.63) is 65.7 Å². The van der Waals surface area contributed by atoms with E-state index < -0.39 is 0 Å². The summed E-state index contributed by atoms with van der Waals surface area (Å²) in [6, 6.07) is 20.2. The molecular formula is C23H21N2+. The van der Waals surface area contributed by atoms with Crippen molar-refractivity contribution in [1.82, 2.24) is 0 Å². The summed E-state index contributed by atoms with van der Waals surface area (Å²) < 4.78 is 2.32. The molecule has 122 valence electrons. The lowest BCUT2D eigenvalue weighted by Gasteiger charge is -2.30. The second-order valence-electron chi connectivity index (χ2n) is 7.21. The minimum Gasteiger partial charge on any atom is -0.343 e. The van der Waals surface area contributed by atoms with E-state index in [-0.39, 0.29) is 0 Å². The van der Waals surface area contributed by atoms with Gasteiger partial charge in [-0.2, -0.15) is 4.57 Å². The Morgan fingerprint density at radius 2 is 1.56 bits per heavy atom. The maximum atomic E-state index is 2.37. The molecule has 0 saturated heterocycles. The van der Waals surface area contributed by atoms with Crippen LogP contribution in [-0.2, 0) is 7.05 Å². The molecule has 3 aromatic carbocycles. The van der Waals surface area contributed by atoms with Gasteiger partial charge in [0.2, 0.25) is 11.0 Å². The number of hydrogen-bond acceptors (Lipinski definition) is 1. The molecule has 0 spiro atoms. The number of pyridine rings is 1. The summed E-state index contributed by atoms with van der Waals surface area (Å²) >= 11 is 0. The smallest absolute Gasteiger partial charge is 0.215 e. The highest BCUT2D eigenvalue weighted by molar-refractivity contribution is 6.17. The van der Waals surface area contributed by atoms with Crippen molar-refractivity contribution in [2.24, 2.45) is 7.05 Å². The van der Waals surface area contributed by atoms with Gasteiger partial charge in [-0.3, -0.25) is 0 Å². The van der Waals surface area contributed by atoms with Gasteiger partial charge in [0.05, 0.1) is 16.5 Å². The summed E-state index contributed by atoms with van der Waals surface area (Å²) in [5, 5.41) is 2.67. The molecule has 0 unspecified atom stereocenters.